The Morgan fingerprint density at radius 2 is 1.53 bits per heavy atom. The van der Waals surface area contributed by atoms with Crippen LogP contribution in [0.25, 0.3) is 17.1 Å². The van der Waals surface area contributed by atoms with Crippen LogP contribution in [-0.2, 0) is 0 Å². The van der Waals surface area contributed by atoms with E-state index in [1.807, 2.05) is 73.1 Å². The molecule has 0 unspecified atom stereocenters. The maximum absolute atomic E-state index is 4.35. The fraction of sp³-hybridized carbons (Fsp3) is 0.125. The van der Waals surface area contributed by atoms with E-state index < -0.39 is 0 Å². The molecule has 0 aliphatic carbocycles. The van der Waals surface area contributed by atoms with E-state index in [0.29, 0.717) is 0 Å². The third-order valence-electron chi connectivity index (χ3n) is 2.57. The lowest BCUT2D eigenvalue weighted by molar-refractivity contribution is 0.884. The quantitative estimate of drug-likeness (QED) is 0.690. The normalized spacial score (nSPS) is 9.58. The molecule has 0 amide bonds. The van der Waals surface area contributed by atoms with Gasteiger partial charge in [0.15, 0.2) is 0 Å². The van der Waals surface area contributed by atoms with E-state index in [9.17, 15) is 0 Å². The number of nitrogens with zero attached hydrogens (tertiary/aromatic N) is 3. The molecule has 0 bridgehead atoms. The minimum atomic E-state index is 0.925. The summed E-state index contributed by atoms with van der Waals surface area (Å²) in [6, 6.07) is 17.9. The second-order valence-electron chi connectivity index (χ2n) is 3.68. The molecule has 3 nitrogen and oxygen atoms in total. The minimum absolute atomic E-state index is 0.925. The monoisotopic (exact) mass is 251 g/mol. The van der Waals surface area contributed by atoms with Crippen molar-refractivity contribution in [2.75, 3.05) is 0 Å². The van der Waals surface area contributed by atoms with E-state index in [1.54, 1.807) is 12.4 Å². The van der Waals surface area contributed by atoms with Crippen LogP contribution in [-0.4, -0.2) is 14.8 Å². The van der Waals surface area contributed by atoms with Gasteiger partial charge in [-0.1, -0.05) is 38.1 Å². The summed E-state index contributed by atoms with van der Waals surface area (Å²) in [4.78, 5) is 4.35. The van der Waals surface area contributed by atoms with Crippen LogP contribution in [0.3, 0.4) is 0 Å². The van der Waals surface area contributed by atoms with E-state index in [2.05, 4.69) is 10.1 Å². The van der Waals surface area contributed by atoms with Gasteiger partial charge in [-0.05, 0) is 30.3 Å². The van der Waals surface area contributed by atoms with Crippen molar-refractivity contribution in [1.82, 2.24) is 14.8 Å². The molecule has 0 spiro atoms. The molecule has 0 atom stereocenters. The van der Waals surface area contributed by atoms with Crippen molar-refractivity contribution in [3.05, 3.63) is 67.0 Å². The zero-order chi connectivity index (χ0) is 13.5. The molecule has 0 saturated carbocycles. The molecular formula is C16H17N3. The van der Waals surface area contributed by atoms with Crippen molar-refractivity contribution in [3.8, 4) is 17.1 Å². The number of benzene rings is 1. The number of hydrogen-bond acceptors (Lipinski definition) is 2. The van der Waals surface area contributed by atoms with Crippen LogP contribution in [0.4, 0.5) is 0 Å². The van der Waals surface area contributed by atoms with Crippen molar-refractivity contribution in [3.63, 3.8) is 0 Å². The van der Waals surface area contributed by atoms with Crippen LogP contribution < -0.4 is 0 Å². The molecule has 0 aliphatic heterocycles. The SMILES string of the molecule is CC.c1ccc(-n2nccc2-c2ccccn2)cc1. The average Bonchev–Trinajstić information content (AvgIpc) is 3.01. The lowest BCUT2D eigenvalue weighted by Gasteiger charge is -2.06. The second-order valence-corrected chi connectivity index (χ2v) is 3.68. The Balaban J connectivity index is 0.000000637. The summed E-state index contributed by atoms with van der Waals surface area (Å²) in [5.41, 5.74) is 2.96. The molecular weight excluding hydrogens is 234 g/mol. The standard InChI is InChI=1S/C14H11N3.C2H6/c1-2-6-12(7-3-1)17-14(9-11-16-17)13-8-4-5-10-15-13;1-2/h1-11H;1-2H3. The molecule has 0 radical (unpaired) electrons. The number of aromatic nitrogens is 3. The van der Waals surface area contributed by atoms with E-state index in [-0.39, 0.29) is 0 Å². The lowest BCUT2D eigenvalue weighted by Crippen LogP contribution is -1.99. The van der Waals surface area contributed by atoms with Gasteiger partial charge in [-0.15, -0.1) is 0 Å². The highest BCUT2D eigenvalue weighted by atomic mass is 15.3. The fourth-order valence-corrected chi connectivity index (χ4v) is 1.79. The first kappa shape index (κ1) is 13.0. The Morgan fingerprint density at radius 1 is 0.789 bits per heavy atom. The first-order valence-corrected chi connectivity index (χ1v) is 6.46. The Morgan fingerprint density at radius 3 is 2.21 bits per heavy atom. The summed E-state index contributed by atoms with van der Waals surface area (Å²) in [5, 5.41) is 4.34. The van der Waals surface area contributed by atoms with Crippen LogP contribution in [0, 0.1) is 0 Å². The summed E-state index contributed by atoms with van der Waals surface area (Å²) < 4.78 is 1.89. The molecule has 0 saturated heterocycles. The molecule has 2 aromatic heterocycles. The number of hydrogen-bond donors (Lipinski definition) is 0. The summed E-state index contributed by atoms with van der Waals surface area (Å²) >= 11 is 0. The van der Waals surface area contributed by atoms with Gasteiger partial charge in [0.2, 0.25) is 0 Å². The Hall–Kier alpha value is -2.42. The maximum Gasteiger partial charge on any atom is 0.0925 e. The molecule has 0 aliphatic rings. The van der Waals surface area contributed by atoms with Crippen molar-refractivity contribution in [2.24, 2.45) is 0 Å². The van der Waals surface area contributed by atoms with E-state index in [1.165, 1.54) is 0 Å². The minimum Gasteiger partial charge on any atom is -0.255 e. The third-order valence-corrected chi connectivity index (χ3v) is 2.57. The Kier molecular flexibility index (Phi) is 4.45. The molecule has 3 rings (SSSR count). The summed E-state index contributed by atoms with van der Waals surface area (Å²) in [7, 11) is 0. The highest BCUT2D eigenvalue weighted by molar-refractivity contribution is 5.57. The largest absolute Gasteiger partial charge is 0.255 e. The van der Waals surface area contributed by atoms with Gasteiger partial charge >= 0.3 is 0 Å². The molecule has 19 heavy (non-hydrogen) atoms. The smallest absolute Gasteiger partial charge is 0.0925 e. The van der Waals surface area contributed by atoms with Crippen LogP contribution >= 0.6 is 0 Å². The average molecular weight is 251 g/mol. The van der Waals surface area contributed by atoms with Gasteiger partial charge in [0.25, 0.3) is 0 Å². The molecule has 2 heterocycles. The third kappa shape index (κ3) is 2.88. The molecule has 3 heteroatoms. The number of para-hydroxylation sites is 1. The van der Waals surface area contributed by atoms with Crippen molar-refractivity contribution in [1.29, 1.82) is 0 Å². The molecule has 0 N–H and O–H groups in total. The topological polar surface area (TPSA) is 30.7 Å². The van der Waals surface area contributed by atoms with Gasteiger partial charge < -0.3 is 0 Å². The van der Waals surface area contributed by atoms with Crippen molar-refractivity contribution in [2.45, 2.75) is 13.8 Å². The number of rotatable bonds is 2. The van der Waals surface area contributed by atoms with Gasteiger partial charge in [-0.3, -0.25) is 4.98 Å². The van der Waals surface area contributed by atoms with Gasteiger partial charge in [-0.2, -0.15) is 5.10 Å². The van der Waals surface area contributed by atoms with Crippen molar-refractivity contribution >= 4 is 0 Å². The van der Waals surface area contributed by atoms with E-state index in [0.717, 1.165) is 17.1 Å². The highest BCUT2D eigenvalue weighted by Crippen LogP contribution is 2.19. The van der Waals surface area contributed by atoms with Gasteiger partial charge in [0.1, 0.15) is 0 Å². The Bertz CT molecular complexity index is 546. The first-order chi connectivity index (χ1) is 9.45. The van der Waals surface area contributed by atoms with Gasteiger partial charge in [0, 0.05) is 6.20 Å². The molecule has 96 valence electrons. The first-order valence-electron chi connectivity index (χ1n) is 6.46. The predicted molar refractivity (Wildman–Crippen MR) is 78.1 cm³/mol. The fourth-order valence-electron chi connectivity index (χ4n) is 1.79. The van der Waals surface area contributed by atoms with Crippen LogP contribution in [0.15, 0.2) is 67.0 Å². The van der Waals surface area contributed by atoms with E-state index in [4.69, 9.17) is 0 Å². The molecule has 1 aromatic carbocycles. The summed E-state index contributed by atoms with van der Waals surface area (Å²) in [6.45, 7) is 4.00. The zero-order valence-corrected chi connectivity index (χ0v) is 11.2. The maximum atomic E-state index is 4.35. The van der Waals surface area contributed by atoms with E-state index >= 15 is 0 Å². The lowest BCUT2D eigenvalue weighted by atomic mass is 10.2. The molecule has 3 aromatic rings. The summed E-state index contributed by atoms with van der Waals surface area (Å²) in [5.74, 6) is 0. The Labute approximate surface area is 113 Å². The number of pyridine rings is 1. The molecule has 0 fully saturated rings. The van der Waals surface area contributed by atoms with Gasteiger partial charge in [0.05, 0.1) is 23.3 Å². The predicted octanol–water partition coefficient (Wildman–Crippen LogP) is 3.96. The highest BCUT2D eigenvalue weighted by Gasteiger charge is 2.06. The van der Waals surface area contributed by atoms with Crippen LogP contribution in [0.5, 0.6) is 0 Å². The van der Waals surface area contributed by atoms with Crippen LogP contribution in [0.2, 0.25) is 0 Å². The van der Waals surface area contributed by atoms with Crippen molar-refractivity contribution < 1.29 is 0 Å². The summed E-state index contributed by atoms with van der Waals surface area (Å²) in [6.07, 6.45) is 3.58. The van der Waals surface area contributed by atoms with Crippen LogP contribution in [0.1, 0.15) is 13.8 Å². The van der Waals surface area contributed by atoms with Gasteiger partial charge in [-0.25, -0.2) is 4.68 Å². The zero-order valence-electron chi connectivity index (χ0n) is 11.2. The second kappa shape index (κ2) is 6.50.